The number of ether oxygens (including phenoxy) is 1. The van der Waals surface area contributed by atoms with Crippen LogP contribution in [0.25, 0.3) is 0 Å². The van der Waals surface area contributed by atoms with Crippen LogP contribution < -0.4 is 5.32 Å². The van der Waals surface area contributed by atoms with E-state index in [2.05, 4.69) is 5.32 Å². The molecule has 0 aliphatic heterocycles. The van der Waals surface area contributed by atoms with E-state index in [-0.39, 0.29) is 16.9 Å². The number of para-hydroxylation sites is 1. The van der Waals surface area contributed by atoms with E-state index in [1.165, 1.54) is 6.07 Å². The van der Waals surface area contributed by atoms with E-state index in [1.807, 2.05) is 25.1 Å². The Hall–Kier alpha value is -3.73. The zero-order chi connectivity index (χ0) is 19.9. The molecule has 0 aliphatic carbocycles. The minimum absolute atomic E-state index is 0.125. The average Bonchev–Trinajstić information content (AvgIpc) is 2.74. The van der Waals surface area contributed by atoms with Crippen LogP contribution >= 0.6 is 0 Å². The highest BCUT2D eigenvalue weighted by molar-refractivity contribution is 6.14. The Morgan fingerprint density at radius 3 is 2.11 bits per heavy atom. The summed E-state index contributed by atoms with van der Waals surface area (Å²) in [6, 6.07) is 22.4. The Labute approximate surface area is 163 Å². The van der Waals surface area contributed by atoms with Gasteiger partial charge in [-0.2, -0.15) is 0 Å². The van der Waals surface area contributed by atoms with Crippen molar-refractivity contribution in [2.45, 2.75) is 6.92 Å². The molecule has 3 aromatic rings. The highest BCUT2D eigenvalue weighted by atomic mass is 16.5. The van der Waals surface area contributed by atoms with Crippen molar-refractivity contribution < 1.29 is 19.1 Å². The summed E-state index contributed by atoms with van der Waals surface area (Å²) in [5, 5.41) is 2.70. The molecule has 0 heterocycles. The number of hydrogen-bond donors (Lipinski definition) is 1. The molecule has 0 saturated heterocycles. The summed E-state index contributed by atoms with van der Waals surface area (Å²) in [5.41, 5.74) is 2.39. The van der Waals surface area contributed by atoms with E-state index in [4.69, 9.17) is 4.74 Å². The molecule has 0 atom stereocenters. The van der Waals surface area contributed by atoms with Gasteiger partial charge in [-0.1, -0.05) is 66.7 Å². The Balaban J connectivity index is 1.69. The largest absolute Gasteiger partial charge is 0.452 e. The fraction of sp³-hybridized carbons (Fsp3) is 0.0870. The van der Waals surface area contributed by atoms with Crippen LogP contribution in [-0.2, 0) is 9.53 Å². The third-order valence-corrected chi connectivity index (χ3v) is 4.18. The van der Waals surface area contributed by atoms with Crippen LogP contribution in [0.5, 0.6) is 0 Å². The smallest absolute Gasteiger partial charge is 0.339 e. The summed E-state index contributed by atoms with van der Waals surface area (Å²) >= 11 is 0. The molecular formula is C23H19NO4. The molecular weight excluding hydrogens is 354 g/mol. The minimum Gasteiger partial charge on any atom is -0.452 e. The lowest BCUT2D eigenvalue weighted by molar-refractivity contribution is -0.119. The first kappa shape index (κ1) is 19.0. The van der Waals surface area contributed by atoms with Crippen molar-refractivity contribution in [1.82, 2.24) is 0 Å². The summed E-state index contributed by atoms with van der Waals surface area (Å²) in [6.07, 6.45) is 0. The molecule has 0 aliphatic rings. The second-order valence-corrected chi connectivity index (χ2v) is 6.18. The first-order valence-corrected chi connectivity index (χ1v) is 8.77. The van der Waals surface area contributed by atoms with E-state index in [0.717, 1.165) is 5.56 Å². The zero-order valence-corrected chi connectivity index (χ0v) is 15.3. The molecule has 1 N–H and O–H groups in total. The number of benzene rings is 3. The van der Waals surface area contributed by atoms with Gasteiger partial charge in [0, 0.05) is 16.8 Å². The molecule has 1 amide bonds. The molecule has 5 heteroatoms. The Morgan fingerprint density at radius 2 is 1.39 bits per heavy atom. The predicted octanol–water partition coefficient (Wildman–Crippen LogP) is 4.02. The van der Waals surface area contributed by atoms with Crippen molar-refractivity contribution in [2.24, 2.45) is 0 Å². The first-order valence-electron chi connectivity index (χ1n) is 8.77. The summed E-state index contributed by atoms with van der Waals surface area (Å²) in [4.78, 5) is 37.3. The van der Waals surface area contributed by atoms with Gasteiger partial charge < -0.3 is 10.1 Å². The van der Waals surface area contributed by atoms with Gasteiger partial charge in [-0.05, 0) is 24.6 Å². The monoisotopic (exact) mass is 373 g/mol. The Bertz CT molecular complexity index is 1010. The van der Waals surface area contributed by atoms with E-state index < -0.39 is 18.5 Å². The number of hydrogen-bond acceptors (Lipinski definition) is 4. The summed E-state index contributed by atoms with van der Waals surface area (Å²) in [7, 11) is 0. The molecule has 0 saturated carbocycles. The standard InChI is InChI=1S/C23H19NO4/c1-16-9-5-8-14-20(16)24-21(25)15-28-23(27)19-13-7-6-12-18(19)22(26)17-10-3-2-4-11-17/h2-14H,15H2,1H3,(H,24,25). The van der Waals surface area contributed by atoms with Gasteiger partial charge in [0.15, 0.2) is 12.4 Å². The molecule has 3 rings (SSSR count). The van der Waals surface area contributed by atoms with Gasteiger partial charge in [-0.15, -0.1) is 0 Å². The molecule has 0 aromatic heterocycles. The highest BCUT2D eigenvalue weighted by Crippen LogP contribution is 2.16. The van der Waals surface area contributed by atoms with E-state index >= 15 is 0 Å². The number of nitrogens with one attached hydrogen (secondary N) is 1. The fourth-order valence-corrected chi connectivity index (χ4v) is 2.71. The summed E-state index contributed by atoms with van der Waals surface area (Å²) < 4.78 is 5.13. The van der Waals surface area contributed by atoms with Crippen molar-refractivity contribution in [3.8, 4) is 0 Å². The van der Waals surface area contributed by atoms with Crippen LogP contribution in [0, 0.1) is 6.92 Å². The normalized spacial score (nSPS) is 10.2. The maximum atomic E-state index is 12.7. The zero-order valence-electron chi connectivity index (χ0n) is 15.3. The van der Waals surface area contributed by atoms with Gasteiger partial charge in [0.2, 0.25) is 0 Å². The molecule has 0 unspecified atom stereocenters. The Morgan fingerprint density at radius 1 is 0.786 bits per heavy atom. The lowest BCUT2D eigenvalue weighted by atomic mass is 9.98. The average molecular weight is 373 g/mol. The SMILES string of the molecule is Cc1ccccc1NC(=O)COC(=O)c1ccccc1C(=O)c1ccccc1. The van der Waals surface area contributed by atoms with Gasteiger partial charge in [-0.25, -0.2) is 4.79 Å². The maximum Gasteiger partial charge on any atom is 0.339 e. The van der Waals surface area contributed by atoms with Crippen molar-refractivity contribution in [3.63, 3.8) is 0 Å². The van der Waals surface area contributed by atoms with Crippen LogP contribution in [0.1, 0.15) is 31.8 Å². The van der Waals surface area contributed by atoms with Crippen LogP contribution in [0.2, 0.25) is 0 Å². The van der Waals surface area contributed by atoms with Crippen molar-refractivity contribution in [1.29, 1.82) is 0 Å². The van der Waals surface area contributed by atoms with Crippen LogP contribution in [0.3, 0.4) is 0 Å². The maximum absolute atomic E-state index is 12.7. The molecule has 0 radical (unpaired) electrons. The third-order valence-electron chi connectivity index (χ3n) is 4.18. The fourth-order valence-electron chi connectivity index (χ4n) is 2.71. The second-order valence-electron chi connectivity index (χ2n) is 6.18. The topological polar surface area (TPSA) is 72.5 Å². The van der Waals surface area contributed by atoms with Crippen molar-refractivity contribution in [2.75, 3.05) is 11.9 Å². The predicted molar refractivity (Wildman–Crippen MR) is 106 cm³/mol. The van der Waals surface area contributed by atoms with Crippen LogP contribution in [0.15, 0.2) is 78.9 Å². The summed E-state index contributed by atoms with van der Waals surface area (Å²) in [5.74, 6) is -1.45. The number of rotatable bonds is 6. The van der Waals surface area contributed by atoms with E-state index in [9.17, 15) is 14.4 Å². The number of anilines is 1. The third kappa shape index (κ3) is 4.51. The lowest BCUT2D eigenvalue weighted by Gasteiger charge is -2.10. The van der Waals surface area contributed by atoms with Gasteiger partial charge in [0.05, 0.1) is 5.56 Å². The van der Waals surface area contributed by atoms with E-state index in [1.54, 1.807) is 54.6 Å². The first-order chi connectivity index (χ1) is 13.6. The lowest BCUT2D eigenvalue weighted by Crippen LogP contribution is -2.22. The molecule has 0 spiro atoms. The number of carbonyl (C=O) groups excluding carboxylic acids is 3. The quantitative estimate of drug-likeness (QED) is 0.523. The Kier molecular flexibility index (Phi) is 5.97. The van der Waals surface area contributed by atoms with Gasteiger partial charge in [0.1, 0.15) is 0 Å². The molecule has 28 heavy (non-hydrogen) atoms. The highest BCUT2D eigenvalue weighted by Gasteiger charge is 2.19. The van der Waals surface area contributed by atoms with Crippen molar-refractivity contribution >= 4 is 23.3 Å². The molecule has 3 aromatic carbocycles. The number of esters is 1. The van der Waals surface area contributed by atoms with Crippen LogP contribution in [-0.4, -0.2) is 24.3 Å². The molecule has 0 bridgehead atoms. The number of aryl methyl sites for hydroxylation is 1. The number of carbonyl (C=O) groups is 3. The number of ketones is 1. The minimum atomic E-state index is -0.722. The van der Waals surface area contributed by atoms with Gasteiger partial charge >= 0.3 is 5.97 Å². The summed E-state index contributed by atoms with van der Waals surface area (Å²) in [6.45, 7) is 1.42. The molecule has 140 valence electrons. The van der Waals surface area contributed by atoms with Gasteiger partial charge in [-0.3, -0.25) is 9.59 Å². The van der Waals surface area contributed by atoms with Crippen LogP contribution in [0.4, 0.5) is 5.69 Å². The van der Waals surface area contributed by atoms with E-state index in [0.29, 0.717) is 11.3 Å². The molecule has 5 nitrogen and oxygen atoms in total. The molecule has 0 fully saturated rings. The van der Waals surface area contributed by atoms with Gasteiger partial charge in [0.25, 0.3) is 5.91 Å². The second kappa shape index (κ2) is 8.77. The number of amides is 1. The van der Waals surface area contributed by atoms with Crippen molar-refractivity contribution in [3.05, 3.63) is 101 Å².